The zero-order valence-electron chi connectivity index (χ0n) is 11.8. The Kier molecular flexibility index (Phi) is 5.12. The van der Waals surface area contributed by atoms with Crippen LogP contribution in [0, 0.1) is 6.92 Å². The van der Waals surface area contributed by atoms with Gasteiger partial charge in [-0.05, 0) is 25.5 Å². The number of aromatic nitrogens is 1. The maximum atomic E-state index is 12.3. The summed E-state index contributed by atoms with van der Waals surface area (Å²) >= 11 is 1.56. The number of amides is 1. The Hall–Kier alpha value is -1.88. The maximum absolute atomic E-state index is 12.3. The van der Waals surface area contributed by atoms with Gasteiger partial charge in [-0.25, -0.2) is 4.98 Å². The van der Waals surface area contributed by atoms with Crippen molar-refractivity contribution in [3.8, 4) is 0 Å². The SMILES string of the molecule is CCCNc1ccccc1C(=O)NCc1scnc1C. The van der Waals surface area contributed by atoms with E-state index >= 15 is 0 Å². The van der Waals surface area contributed by atoms with Crippen LogP contribution in [0.4, 0.5) is 5.69 Å². The highest BCUT2D eigenvalue weighted by atomic mass is 32.1. The van der Waals surface area contributed by atoms with Gasteiger partial charge in [-0.15, -0.1) is 11.3 Å². The second kappa shape index (κ2) is 7.05. The summed E-state index contributed by atoms with van der Waals surface area (Å²) in [6.45, 7) is 5.44. The van der Waals surface area contributed by atoms with Gasteiger partial charge >= 0.3 is 0 Å². The third kappa shape index (κ3) is 3.57. The minimum Gasteiger partial charge on any atom is -0.384 e. The van der Waals surface area contributed by atoms with Gasteiger partial charge in [0.25, 0.3) is 5.91 Å². The summed E-state index contributed by atoms with van der Waals surface area (Å²) in [4.78, 5) is 17.5. The quantitative estimate of drug-likeness (QED) is 0.858. The molecule has 0 atom stereocenters. The lowest BCUT2D eigenvalue weighted by Crippen LogP contribution is -2.24. The molecule has 0 aliphatic heterocycles. The molecule has 0 saturated carbocycles. The highest BCUT2D eigenvalue weighted by Crippen LogP contribution is 2.16. The molecular weight excluding hydrogens is 270 g/mol. The van der Waals surface area contributed by atoms with Crippen molar-refractivity contribution >= 4 is 22.9 Å². The predicted molar refractivity (Wildman–Crippen MR) is 83.2 cm³/mol. The molecule has 1 aromatic heterocycles. The van der Waals surface area contributed by atoms with Crippen LogP contribution in [0.1, 0.15) is 34.3 Å². The van der Waals surface area contributed by atoms with Gasteiger partial charge in [-0.2, -0.15) is 0 Å². The summed E-state index contributed by atoms with van der Waals surface area (Å²) in [5.41, 5.74) is 4.34. The molecule has 5 heteroatoms. The molecule has 1 amide bonds. The minimum absolute atomic E-state index is 0.0583. The third-order valence-corrected chi connectivity index (χ3v) is 3.93. The van der Waals surface area contributed by atoms with Gasteiger partial charge in [0.05, 0.1) is 23.3 Å². The minimum atomic E-state index is -0.0583. The number of carbonyl (C=O) groups excluding carboxylic acids is 1. The molecule has 0 aliphatic rings. The normalized spacial score (nSPS) is 10.3. The van der Waals surface area contributed by atoms with Crippen LogP contribution in [0.3, 0.4) is 0 Å². The van der Waals surface area contributed by atoms with Crippen molar-refractivity contribution in [3.05, 3.63) is 45.9 Å². The maximum Gasteiger partial charge on any atom is 0.253 e. The van der Waals surface area contributed by atoms with Gasteiger partial charge in [0, 0.05) is 17.1 Å². The molecule has 0 bridgehead atoms. The van der Waals surface area contributed by atoms with Gasteiger partial charge in [0.15, 0.2) is 0 Å². The van der Waals surface area contributed by atoms with Crippen molar-refractivity contribution in [2.24, 2.45) is 0 Å². The Morgan fingerprint density at radius 3 is 2.85 bits per heavy atom. The van der Waals surface area contributed by atoms with Crippen LogP contribution in [0.2, 0.25) is 0 Å². The van der Waals surface area contributed by atoms with E-state index < -0.39 is 0 Å². The van der Waals surface area contributed by atoms with Gasteiger partial charge in [0.2, 0.25) is 0 Å². The van der Waals surface area contributed by atoms with E-state index in [4.69, 9.17) is 0 Å². The monoisotopic (exact) mass is 289 g/mol. The van der Waals surface area contributed by atoms with Crippen LogP contribution in [0.15, 0.2) is 29.8 Å². The number of hydrogen-bond acceptors (Lipinski definition) is 4. The molecular formula is C15H19N3OS. The number of nitrogens with zero attached hydrogens (tertiary/aromatic N) is 1. The first-order chi connectivity index (χ1) is 9.72. The molecule has 0 radical (unpaired) electrons. The lowest BCUT2D eigenvalue weighted by Gasteiger charge is -2.11. The molecule has 2 rings (SSSR count). The average Bonchev–Trinajstić information content (AvgIpc) is 2.88. The van der Waals surface area contributed by atoms with Crippen molar-refractivity contribution in [1.82, 2.24) is 10.3 Å². The fraction of sp³-hybridized carbons (Fsp3) is 0.333. The lowest BCUT2D eigenvalue weighted by molar-refractivity contribution is 0.0952. The number of benzene rings is 1. The van der Waals surface area contributed by atoms with Gasteiger partial charge in [0.1, 0.15) is 0 Å². The van der Waals surface area contributed by atoms with Crippen LogP contribution in [-0.2, 0) is 6.54 Å². The smallest absolute Gasteiger partial charge is 0.253 e. The van der Waals surface area contributed by atoms with Crippen molar-refractivity contribution in [2.45, 2.75) is 26.8 Å². The van der Waals surface area contributed by atoms with Crippen molar-refractivity contribution in [1.29, 1.82) is 0 Å². The first-order valence-electron chi connectivity index (χ1n) is 6.72. The molecule has 1 heterocycles. The first kappa shape index (κ1) is 14.5. The summed E-state index contributed by atoms with van der Waals surface area (Å²) in [6, 6.07) is 7.58. The molecule has 1 aromatic carbocycles. The highest BCUT2D eigenvalue weighted by molar-refractivity contribution is 7.09. The average molecular weight is 289 g/mol. The van der Waals surface area contributed by atoms with E-state index in [2.05, 4.69) is 22.5 Å². The predicted octanol–water partition coefficient (Wildman–Crippen LogP) is 3.20. The second-order valence-electron chi connectivity index (χ2n) is 4.52. The summed E-state index contributed by atoms with van der Waals surface area (Å²) in [7, 11) is 0. The zero-order valence-corrected chi connectivity index (χ0v) is 12.6. The highest BCUT2D eigenvalue weighted by Gasteiger charge is 2.11. The Morgan fingerprint density at radius 2 is 2.15 bits per heavy atom. The Bertz CT molecular complexity index is 580. The number of para-hydroxylation sites is 1. The Balaban J connectivity index is 2.03. The van der Waals surface area contributed by atoms with Crippen LogP contribution < -0.4 is 10.6 Å². The second-order valence-corrected chi connectivity index (χ2v) is 5.46. The number of thiazole rings is 1. The van der Waals surface area contributed by atoms with Gasteiger partial charge < -0.3 is 10.6 Å². The van der Waals surface area contributed by atoms with E-state index in [1.54, 1.807) is 16.8 Å². The van der Waals surface area contributed by atoms with Crippen LogP contribution in [0.25, 0.3) is 0 Å². The Morgan fingerprint density at radius 1 is 1.35 bits per heavy atom. The van der Waals surface area contributed by atoms with Crippen LogP contribution in [0.5, 0.6) is 0 Å². The molecule has 0 unspecified atom stereocenters. The molecule has 2 aromatic rings. The molecule has 4 nitrogen and oxygen atoms in total. The van der Waals surface area contributed by atoms with Crippen molar-refractivity contribution in [2.75, 3.05) is 11.9 Å². The molecule has 20 heavy (non-hydrogen) atoms. The molecule has 0 spiro atoms. The summed E-state index contributed by atoms with van der Waals surface area (Å²) in [5, 5.41) is 6.23. The van der Waals surface area contributed by atoms with Crippen molar-refractivity contribution < 1.29 is 4.79 Å². The van der Waals surface area contributed by atoms with Crippen molar-refractivity contribution in [3.63, 3.8) is 0 Å². The Labute approximate surface area is 123 Å². The van der Waals surface area contributed by atoms with E-state index in [-0.39, 0.29) is 5.91 Å². The molecule has 0 aliphatic carbocycles. The largest absolute Gasteiger partial charge is 0.384 e. The van der Waals surface area contributed by atoms with Crippen LogP contribution in [-0.4, -0.2) is 17.4 Å². The molecule has 106 valence electrons. The van der Waals surface area contributed by atoms with Gasteiger partial charge in [-0.1, -0.05) is 19.1 Å². The number of aryl methyl sites for hydroxylation is 1. The third-order valence-electron chi connectivity index (χ3n) is 2.99. The fourth-order valence-corrected chi connectivity index (χ4v) is 2.56. The summed E-state index contributed by atoms with van der Waals surface area (Å²) in [5.74, 6) is -0.0583. The standard InChI is InChI=1S/C15H19N3OS/c1-3-8-16-13-7-5-4-6-12(13)15(19)17-9-14-11(2)18-10-20-14/h4-7,10,16H,3,8-9H2,1-2H3,(H,17,19). The van der Waals surface area contributed by atoms with E-state index in [0.717, 1.165) is 29.2 Å². The number of nitrogens with one attached hydrogen (secondary N) is 2. The number of anilines is 1. The molecule has 2 N–H and O–H groups in total. The van der Waals surface area contributed by atoms with E-state index in [0.29, 0.717) is 12.1 Å². The van der Waals surface area contributed by atoms with Gasteiger partial charge in [-0.3, -0.25) is 4.79 Å². The topological polar surface area (TPSA) is 54.0 Å². The fourth-order valence-electron chi connectivity index (χ4n) is 1.85. The number of hydrogen-bond donors (Lipinski definition) is 2. The summed E-state index contributed by atoms with van der Waals surface area (Å²) < 4.78 is 0. The zero-order chi connectivity index (χ0) is 14.4. The number of rotatable bonds is 6. The molecule has 0 fully saturated rings. The number of carbonyl (C=O) groups is 1. The van der Waals surface area contributed by atoms with E-state index in [9.17, 15) is 4.79 Å². The van der Waals surface area contributed by atoms with E-state index in [1.807, 2.05) is 31.2 Å². The molecule has 0 saturated heterocycles. The van der Waals surface area contributed by atoms with E-state index in [1.165, 1.54) is 0 Å². The first-order valence-corrected chi connectivity index (χ1v) is 7.60. The summed E-state index contributed by atoms with van der Waals surface area (Å²) in [6.07, 6.45) is 1.02. The van der Waals surface area contributed by atoms with Crippen LogP contribution >= 0.6 is 11.3 Å². The lowest BCUT2D eigenvalue weighted by atomic mass is 10.1.